The molecule has 20 heavy (non-hydrogen) atoms. The molecule has 0 radical (unpaired) electrons. The van der Waals surface area contributed by atoms with Crippen molar-refractivity contribution < 1.29 is 4.79 Å². The molecule has 0 bridgehead atoms. The van der Waals surface area contributed by atoms with Gasteiger partial charge in [-0.25, -0.2) is 0 Å². The molecule has 0 atom stereocenters. The predicted molar refractivity (Wildman–Crippen MR) is 93.1 cm³/mol. The Labute approximate surface area is 142 Å². The molecule has 0 aromatic heterocycles. The normalized spacial score (nSPS) is 10.4. The van der Waals surface area contributed by atoms with E-state index in [9.17, 15) is 4.79 Å². The first-order valence-corrected chi connectivity index (χ1v) is 8.08. The van der Waals surface area contributed by atoms with Gasteiger partial charge in [0.2, 0.25) is 0 Å². The van der Waals surface area contributed by atoms with E-state index in [1.54, 1.807) is 12.1 Å². The zero-order valence-electron chi connectivity index (χ0n) is 10.5. The first-order chi connectivity index (χ1) is 9.38. The second-order valence-corrected chi connectivity index (χ2v) is 6.90. The fourth-order valence-electron chi connectivity index (χ4n) is 1.73. The maximum atomic E-state index is 12.4. The zero-order chi connectivity index (χ0) is 14.9. The molecule has 0 spiro atoms. The van der Waals surface area contributed by atoms with Crippen LogP contribution in [-0.2, 0) is 0 Å². The summed E-state index contributed by atoms with van der Waals surface area (Å²) in [6, 6.07) is 9.01. The minimum atomic E-state index is -0.196. The van der Waals surface area contributed by atoms with Crippen LogP contribution >= 0.6 is 47.8 Å². The van der Waals surface area contributed by atoms with Crippen LogP contribution in [0.1, 0.15) is 15.9 Å². The number of carbonyl (C=O) groups is 1. The summed E-state index contributed by atoms with van der Waals surface area (Å²) in [5.41, 5.74) is 8.42. The molecule has 6 heteroatoms. The molecule has 3 N–H and O–H groups in total. The third-order valence-corrected chi connectivity index (χ3v) is 4.46. The number of hydrogen-bond donors (Lipinski definition) is 2. The van der Waals surface area contributed by atoms with E-state index >= 15 is 0 Å². The van der Waals surface area contributed by atoms with Crippen LogP contribution < -0.4 is 11.1 Å². The number of nitrogen functional groups attached to an aromatic ring is 1. The van der Waals surface area contributed by atoms with Gasteiger partial charge in [-0.3, -0.25) is 4.79 Å². The van der Waals surface area contributed by atoms with Crippen molar-refractivity contribution in [3.8, 4) is 0 Å². The summed E-state index contributed by atoms with van der Waals surface area (Å²) >= 11 is 10.3. The highest BCUT2D eigenvalue weighted by molar-refractivity contribution is 9.11. The maximum Gasteiger partial charge on any atom is 0.256 e. The van der Waals surface area contributed by atoms with Gasteiger partial charge in [0, 0.05) is 24.7 Å². The van der Waals surface area contributed by atoms with Crippen molar-refractivity contribution in [1.82, 2.24) is 0 Å². The molecule has 0 unspecified atom stereocenters. The molecule has 0 aliphatic heterocycles. The third kappa shape index (κ3) is 3.42. The van der Waals surface area contributed by atoms with Crippen LogP contribution in [0.3, 0.4) is 0 Å². The van der Waals surface area contributed by atoms with E-state index in [0.717, 1.165) is 19.0 Å². The summed E-state index contributed by atoms with van der Waals surface area (Å²) in [5.74, 6) is -0.196. The first kappa shape index (κ1) is 15.5. The van der Waals surface area contributed by atoms with Crippen LogP contribution in [0.4, 0.5) is 11.4 Å². The first-order valence-electron chi connectivity index (χ1n) is 5.70. The van der Waals surface area contributed by atoms with E-state index in [1.807, 2.05) is 25.1 Å². The molecule has 2 aromatic rings. The highest BCUT2D eigenvalue weighted by Gasteiger charge is 2.14. The lowest BCUT2D eigenvalue weighted by atomic mass is 10.1. The van der Waals surface area contributed by atoms with Crippen molar-refractivity contribution in [1.29, 1.82) is 0 Å². The summed E-state index contributed by atoms with van der Waals surface area (Å²) in [6.45, 7) is 1.88. The minimum Gasteiger partial charge on any atom is -0.399 e. The summed E-state index contributed by atoms with van der Waals surface area (Å²) in [4.78, 5) is 12.4. The van der Waals surface area contributed by atoms with Gasteiger partial charge >= 0.3 is 0 Å². The monoisotopic (exact) mass is 460 g/mol. The lowest BCUT2D eigenvalue weighted by Crippen LogP contribution is -2.14. The van der Waals surface area contributed by atoms with E-state index in [4.69, 9.17) is 5.73 Å². The van der Waals surface area contributed by atoms with E-state index < -0.39 is 0 Å². The molecule has 1 amide bonds. The molecular weight excluding hydrogens is 452 g/mol. The molecule has 104 valence electrons. The molecule has 0 saturated heterocycles. The van der Waals surface area contributed by atoms with Crippen molar-refractivity contribution in [3.05, 3.63) is 54.9 Å². The fraction of sp³-hybridized carbons (Fsp3) is 0.0714. The Balaban J connectivity index is 2.35. The van der Waals surface area contributed by atoms with Gasteiger partial charge in [0.15, 0.2) is 0 Å². The Kier molecular flexibility index (Phi) is 4.88. The molecule has 0 fully saturated rings. The number of benzene rings is 2. The van der Waals surface area contributed by atoms with Crippen molar-refractivity contribution in [3.63, 3.8) is 0 Å². The van der Waals surface area contributed by atoms with E-state index in [0.29, 0.717) is 16.9 Å². The van der Waals surface area contributed by atoms with Crippen LogP contribution in [0.2, 0.25) is 0 Å². The van der Waals surface area contributed by atoms with Gasteiger partial charge in [-0.05, 0) is 68.6 Å². The van der Waals surface area contributed by atoms with Crippen molar-refractivity contribution in [2.45, 2.75) is 6.92 Å². The number of anilines is 2. The Morgan fingerprint density at radius 3 is 2.30 bits per heavy atom. The molecule has 0 aliphatic carbocycles. The summed E-state index contributed by atoms with van der Waals surface area (Å²) < 4.78 is 2.48. The minimum absolute atomic E-state index is 0.196. The molecule has 3 nitrogen and oxygen atoms in total. The second-order valence-electron chi connectivity index (χ2n) is 4.27. The van der Waals surface area contributed by atoms with Crippen LogP contribution in [0.5, 0.6) is 0 Å². The molecule has 2 rings (SSSR count). The van der Waals surface area contributed by atoms with E-state index in [-0.39, 0.29) is 5.91 Å². The summed E-state index contributed by atoms with van der Waals surface area (Å²) in [6.07, 6.45) is 0. The average Bonchev–Trinajstić information content (AvgIpc) is 2.36. The van der Waals surface area contributed by atoms with Gasteiger partial charge in [-0.1, -0.05) is 22.0 Å². The number of hydrogen-bond acceptors (Lipinski definition) is 2. The third-order valence-electron chi connectivity index (χ3n) is 2.75. The lowest BCUT2D eigenvalue weighted by Gasteiger charge is -2.12. The number of carbonyl (C=O) groups excluding carboxylic acids is 1. The zero-order valence-corrected chi connectivity index (χ0v) is 15.3. The SMILES string of the molecule is Cc1ccc(N)cc1C(=O)Nc1c(Br)cc(Br)cc1Br. The van der Waals surface area contributed by atoms with Crippen LogP contribution in [-0.4, -0.2) is 5.91 Å². The van der Waals surface area contributed by atoms with E-state index in [2.05, 4.69) is 53.1 Å². The average molecular weight is 463 g/mol. The lowest BCUT2D eigenvalue weighted by molar-refractivity contribution is 0.102. The van der Waals surface area contributed by atoms with Crippen molar-refractivity contribution >= 4 is 65.1 Å². The molecule has 0 aliphatic rings. The number of amides is 1. The molecule has 0 heterocycles. The topological polar surface area (TPSA) is 55.1 Å². The second kappa shape index (κ2) is 6.28. The number of halogens is 3. The van der Waals surface area contributed by atoms with Crippen molar-refractivity contribution in [2.24, 2.45) is 0 Å². The Bertz CT molecular complexity index is 663. The number of nitrogens with two attached hydrogens (primary N) is 1. The maximum absolute atomic E-state index is 12.4. The predicted octanol–water partition coefficient (Wildman–Crippen LogP) is 5.12. The number of aryl methyl sites for hydroxylation is 1. The fourth-order valence-corrected chi connectivity index (χ4v) is 4.18. The van der Waals surface area contributed by atoms with Gasteiger partial charge in [0.1, 0.15) is 0 Å². The summed E-state index contributed by atoms with van der Waals surface area (Å²) in [5, 5.41) is 2.88. The van der Waals surface area contributed by atoms with Crippen molar-refractivity contribution in [2.75, 3.05) is 11.1 Å². The standard InChI is InChI=1S/C14H11Br3N2O/c1-7-2-3-9(18)6-10(7)14(20)19-13-11(16)4-8(15)5-12(13)17/h2-6H,18H2,1H3,(H,19,20). The van der Waals surface area contributed by atoms with Gasteiger partial charge in [0.25, 0.3) is 5.91 Å². The van der Waals surface area contributed by atoms with Crippen LogP contribution in [0, 0.1) is 6.92 Å². The van der Waals surface area contributed by atoms with Gasteiger partial charge in [-0.15, -0.1) is 0 Å². The highest BCUT2D eigenvalue weighted by Crippen LogP contribution is 2.34. The van der Waals surface area contributed by atoms with Crippen LogP contribution in [0.25, 0.3) is 0 Å². The number of rotatable bonds is 2. The van der Waals surface area contributed by atoms with Gasteiger partial charge in [-0.2, -0.15) is 0 Å². The Hall–Kier alpha value is -0.850. The number of nitrogens with one attached hydrogen (secondary N) is 1. The molecular formula is C14H11Br3N2O. The Morgan fingerprint density at radius 1 is 1.10 bits per heavy atom. The van der Waals surface area contributed by atoms with Gasteiger partial charge < -0.3 is 11.1 Å². The molecule has 0 saturated carbocycles. The highest BCUT2D eigenvalue weighted by atomic mass is 79.9. The molecule has 2 aromatic carbocycles. The smallest absolute Gasteiger partial charge is 0.256 e. The van der Waals surface area contributed by atoms with Gasteiger partial charge in [0.05, 0.1) is 5.69 Å². The Morgan fingerprint density at radius 2 is 1.70 bits per heavy atom. The van der Waals surface area contributed by atoms with E-state index in [1.165, 1.54) is 0 Å². The summed E-state index contributed by atoms with van der Waals surface area (Å²) in [7, 11) is 0. The largest absolute Gasteiger partial charge is 0.399 e. The van der Waals surface area contributed by atoms with Crippen LogP contribution in [0.15, 0.2) is 43.7 Å². The quantitative estimate of drug-likeness (QED) is 0.609.